The minimum Gasteiger partial charge on any atom is -0.463 e. The van der Waals surface area contributed by atoms with Crippen molar-refractivity contribution in [2.24, 2.45) is 0 Å². The van der Waals surface area contributed by atoms with Crippen molar-refractivity contribution in [3.05, 3.63) is 0 Å². The molecule has 2 N–H and O–H groups in total. The summed E-state index contributed by atoms with van der Waals surface area (Å²) < 4.78 is 61.2. The summed E-state index contributed by atoms with van der Waals surface area (Å²) >= 11 is 0. The average Bonchev–Trinajstić information content (AvgIpc) is 2.66. The van der Waals surface area contributed by atoms with Gasteiger partial charge < -0.3 is 33.7 Å². The van der Waals surface area contributed by atoms with Gasteiger partial charge in [0.15, 0.2) is 12.2 Å². The Bertz CT molecular complexity index is 872. The predicted molar refractivity (Wildman–Crippen MR) is 107 cm³/mol. The van der Waals surface area contributed by atoms with E-state index in [0.29, 0.717) is 0 Å². The Kier molecular flexibility index (Phi) is 11.1. The molecule has 0 radical (unpaired) electrons. The third kappa shape index (κ3) is 10.8. The number of carbonyl (C=O) groups is 5. The van der Waals surface area contributed by atoms with Crippen LogP contribution >= 0.6 is 0 Å². The molecule has 5 atom stereocenters. The summed E-state index contributed by atoms with van der Waals surface area (Å²) in [7, 11) is -4.23. The van der Waals surface area contributed by atoms with E-state index in [1.54, 1.807) is 0 Å². The Labute approximate surface area is 195 Å². The Hall–Kier alpha value is -2.98. The zero-order valence-electron chi connectivity index (χ0n) is 18.9. The number of alkyl carbamates (subject to hydrolysis) is 1. The van der Waals surface area contributed by atoms with Crippen LogP contribution in [0.5, 0.6) is 0 Å². The maximum absolute atomic E-state index is 12.2. The monoisotopic (exact) mass is 513 g/mol. The van der Waals surface area contributed by atoms with Crippen LogP contribution < -0.4 is 5.32 Å². The van der Waals surface area contributed by atoms with E-state index in [2.05, 4.69) is 5.32 Å². The highest BCUT2D eigenvalue weighted by Crippen LogP contribution is 2.30. The van der Waals surface area contributed by atoms with Gasteiger partial charge >= 0.3 is 30.0 Å². The van der Waals surface area contributed by atoms with Gasteiger partial charge in [0, 0.05) is 34.2 Å². The minimum atomic E-state index is -4.23. The summed E-state index contributed by atoms with van der Waals surface area (Å²) in [5.41, 5.74) is 0. The Morgan fingerprint density at radius 3 is 1.85 bits per heavy atom. The lowest BCUT2D eigenvalue weighted by Crippen LogP contribution is -2.63. The van der Waals surface area contributed by atoms with E-state index in [-0.39, 0.29) is 13.0 Å². The van der Waals surface area contributed by atoms with Gasteiger partial charge in [0.1, 0.15) is 12.7 Å². The lowest BCUT2D eigenvalue weighted by atomic mass is 9.98. The number of amides is 1. The van der Waals surface area contributed by atoms with E-state index in [1.165, 1.54) is 0 Å². The van der Waals surface area contributed by atoms with Gasteiger partial charge in [-0.25, -0.2) is 4.79 Å². The molecule has 0 aromatic rings. The van der Waals surface area contributed by atoms with Crippen molar-refractivity contribution >= 4 is 40.1 Å². The Balaban J connectivity index is 3.15. The van der Waals surface area contributed by atoms with E-state index >= 15 is 0 Å². The smallest absolute Gasteiger partial charge is 0.409 e. The molecule has 0 aromatic carbocycles. The molecule has 1 heterocycles. The average molecular weight is 513 g/mol. The van der Waals surface area contributed by atoms with Gasteiger partial charge in [-0.1, -0.05) is 0 Å². The fourth-order valence-electron chi connectivity index (χ4n) is 2.88. The number of hydrogen-bond donors (Lipinski definition) is 2. The van der Waals surface area contributed by atoms with Gasteiger partial charge in [-0.15, -0.1) is 0 Å². The molecule has 16 heteroatoms. The summed E-state index contributed by atoms with van der Waals surface area (Å²) in [6.07, 6.45) is -8.84. The Morgan fingerprint density at radius 1 is 0.824 bits per heavy atom. The summed E-state index contributed by atoms with van der Waals surface area (Å²) in [6.45, 7) is 3.48. The molecule has 0 saturated carbocycles. The third-order valence-electron chi connectivity index (χ3n) is 4.02. The molecule has 1 aliphatic heterocycles. The largest absolute Gasteiger partial charge is 0.463 e. The highest BCUT2D eigenvalue weighted by Gasteiger charge is 2.53. The third-order valence-corrected chi connectivity index (χ3v) is 4.82. The van der Waals surface area contributed by atoms with E-state index in [9.17, 15) is 32.4 Å². The number of ether oxygens (including phenoxy) is 6. The first kappa shape index (κ1) is 29.1. The molecular weight excluding hydrogens is 486 g/mol. The molecule has 0 aromatic heterocycles. The van der Waals surface area contributed by atoms with Gasteiger partial charge in [-0.05, 0) is 6.42 Å². The molecule has 1 amide bonds. The van der Waals surface area contributed by atoms with Crippen molar-refractivity contribution in [3.8, 4) is 0 Å². The van der Waals surface area contributed by atoms with E-state index in [4.69, 9.17) is 33.0 Å². The van der Waals surface area contributed by atoms with E-state index in [0.717, 1.165) is 27.7 Å². The molecule has 1 rings (SSSR count). The molecule has 1 fully saturated rings. The molecule has 0 spiro atoms. The molecule has 1 saturated heterocycles. The number of carbonyl (C=O) groups excluding carboxylic acids is 5. The topological polar surface area (TPSA) is 207 Å². The molecular formula is C18H27NO14S. The van der Waals surface area contributed by atoms with Crippen LogP contribution in [0, 0.1) is 0 Å². The maximum atomic E-state index is 12.2. The van der Waals surface area contributed by atoms with Crippen molar-refractivity contribution in [1.29, 1.82) is 0 Å². The number of rotatable bonds is 10. The molecule has 34 heavy (non-hydrogen) atoms. The van der Waals surface area contributed by atoms with Crippen molar-refractivity contribution in [3.63, 3.8) is 0 Å². The van der Waals surface area contributed by atoms with Gasteiger partial charge in [0.05, 0.1) is 5.75 Å². The fourth-order valence-corrected chi connectivity index (χ4v) is 3.38. The summed E-state index contributed by atoms with van der Waals surface area (Å²) in [5, 5.41) is 2.20. The van der Waals surface area contributed by atoms with Crippen molar-refractivity contribution in [1.82, 2.24) is 5.32 Å². The lowest BCUT2D eigenvalue weighted by Gasteiger charge is -2.43. The molecule has 1 aliphatic rings. The number of nitrogens with one attached hydrogen (secondary N) is 1. The van der Waals surface area contributed by atoms with Gasteiger partial charge in [0.25, 0.3) is 10.1 Å². The summed E-state index contributed by atoms with van der Waals surface area (Å²) in [6, 6.07) is 0. The van der Waals surface area contributed by atoms with Gasteiger partial charge in [-0.2, -0.15) is 8.42 Å². The molecule has 0 bridgehead atoms. The molecule has 194 valence electrons. The van der Waals surface area contributed by atoms with Gasteiger partial charge in [0.2, 0.25) is 12.4 Å². The fraction of sp³-hybridized carbons (Fsp3) is 0.722. The van der Waals surface area contributed by atoms with Crippen LogP contribution in [0.4, 0.5) is 4.79 Å². The first-order chi connectivity index (χ1) is 15.7. The zero-order chi connectivity index (χ0) is 26.1. The van der Waals surface area contributed by atoms with Crippen molar-refractivity contribution < 1.29 is 65.4 Å². The van der Waals surface area contributed by atoms with Gasteiger partial charge in [-0.3, -0.25) is 23.7 Å². The quantitative estimate of drug-likeness (QED) is 0.157. The predicted octanol–water partition coefficient (Wildman–Crippen LogP) is -0.926. The number of hydrogen-bond acceptors (Lipinski definition) is 13. The first-order valence-electron chi connectivity index (χ1n) is 9.89. The van der Waals surface area contributed by atoms with E-state index in [1.807, 2.05) is 0 Å². The van der Waals surface area contributed by atoms with Crippen LogP contribution in [0.25, 0.3) is 0 Å². The SMILES string of the molecule is CC(=O)OC[C@H]1OC(OC(=O)NCCCS(=O)(=O)O)[C@H](OC(C)=O)[C@@H](OC(C)=O)[C@@H]1OC(C)=O. The molecule has 15 nitrogen and oxygen atoms in total. The summed E-state index contributed by atoms with van der Waals surface area (Å²) in [4.78, 5) is 58.5. The molecule has 0 aliphatic carbocycles. The van der Waals surface area contributed by atoms with Crippen LogP contribution in [0.2, 0.25) is 0 Å². The first-order valence-corrected chi connectivity index (χ1v) is 11.5. The normalized spacial score (nSPS) is 24.3. The standard InChI is InChI=1S/C18H27NO14S/c1-9(20)28-8-13-14(29-10(2)21)15(30-11(3)22)16(31-12(4)23)17(32-13)33-18(24)19-6-5-7-34(25,26)27/h13-17H,5-8H2,1-4H3,(H,19,24)(H,25,26,27)/t13-,14-,15+,16-,17?/m1/s1. The Morgan fingerprint density at radius 2 is 1.35 bits per heavy atom. The summed E-state index contributed by atoms with van der Waals surface area (Å²) in [5.74, 6) is -3.90. The number of esters is 4. The second kappa shape index (κ2) is 13.0. The van der Waals surface area contributed by atoms with Crippen LogP contribution in [0.1, 0.15) is 34.1 Å². The second-order valence-electron chi connectivity index (χ2n) is 7.04. The second-order valence-corrected chi connectivity index (χ2v) is 8.61. The maximum Gasteiger partial charge on any atom is 0.409 e. The van der Waals surface area contributed by atoms with Crippen LogP contribution in [-0.2, 0) is 57.7 Å². The minimum absolute atomic E-state index is 0.146. The van der Waals surface area contributed by atoms with Crippen LogP contribution in [0.15, 0.2) is 0 Å². The molecule has 1 unspecified atom stereocenters. The van der Waals surface area contributed by atoms with Crippen LogP contribution in [0.3, 0.4) is 0 Å². The van der Waals surface area contributed by atoms with E-state index < -0.39 is 83.2 Å². The zero-order valence-corrected chi connectivity index (χ0v) is 19.7. The van der Waals surface area contributed by atoms with Crippen molar-refractivity contribution in [2.75, 3.05) is 18.9 Å². The van der Waals surface area contributed by atoms with Crippen molar-refractivity contribution in [2.45, 2.75) is 64.8 Å². The lowest BCUT2D eigenvalue weighted by molar-refractivity contribution is -0.294. The van der Waals surface area contributed by atoms with Crippen LogP contribution in [-0.4, -0.2) is 92.6 Å². The highest BCUT2D eigenvalue weighted by molar-refractivity contribution is 7.85. The highest BCUT2D eigenvalue weighted by atomic mass is 32.2.